The molecule has 98 valence electrons. The standard InChI is InChI=1S/C12H13FN2O2.ClH/c1-2-17-12(16)10(13)11(15)9-5-3-4-8(6-9)7-14;/h3-6,10-11H,2,15H2,1H3;1H/t10?,11-;/m1./s1. The van der Waals surface area contributed by atoms with Crippen LogP contribution in [0, 0.1) is 11.3 Å². The molecule has 0 aliphatic heterocycles. The maximum absolute atomic E-state index is 13.6. The fraction of sp³-hybridized carbons (Fsp3) is 0.333. The summed E-state index contributed by atoms with van der Waals surface area (Å²) in [6, 6.07) is 6.99. The van der Waals surface area contributed by atoms with Crippen molar-refractivity contribution in [2.75, 3.05) is 6.61 Å². The first kappa shape index (κ1) is 16.4. The Labute approximate surface area is 111 Å². The molecule has 1 rings (SSSR count). The van der Waals surface area contributed by atoms with Crippen LogP contribution < -0.4 is 5.73 Å². The molecule has 2 N–H and O–H groups in total. The summed E-state index contributed by atoms with van der Waals surface area (Å²) in [5.74, 6) is -0.984. The summed E-state index contributed by atoms with van der Waals surface area (Å²) in [6.45, 7) is 1.69. The van der Waals surface area contributed by atoms with E-state index in [1.165, 1.54) is 6.07 Å². The van der Waals surface area contributed by atoms with E-state index in [1.54, 1.807) is 25.1 Å². The van der Waals surface area contributed by atoms with Crippen LogP contribution in [0.2, 0.25) is 0 Å². The van der Waals surface area contributed by atoms with Crippen LogP contribution in [0.25, 0.3) is 0 Å². The third-order valence-electron chi connectivity index (χ3n) is 2.23. The predicted molar refractivity (Wildman–Crippen MR) is 66.9 cm³/mol. The van der Waals surface area contributed by atoms with Gasteiger partial charge in [0.25, 0.3) is 0 Å². The Morgan fingerprint density at radius 3 is 2.83 bits per heavy atom. The first-order valence-corrected chi connectivity index (χ1v) is 5.16. The van der Waals surface area contributed by atoms with Gasteiger partial charge >= 0.3 is 5.97 Å². The lowest BCUT2D eigenvalue weighted by Gasteiger charge is -2.15. The molecule has 0 aromatic heterocycles. The van der Waals surface area contributed by atoms with Gasteiger partial charge < -0.3 is 10.5 Å². The van der Waals surface area contributed by atoms with Crippen LogP contribution in [0.1, 0.15) is 24.1 Å². The van der Waals surface area contributed by atoms with Crippen LogP contribution in [-0.4, -0.2) is 18.7 Å². The van der Waals surface area contributed by atoms with Gasteiger partial charge in [-0.1, -0.05) is 12.1 Å². The fourth-order valence-electron chi connectivity index (χ4n) is 1.35. The Kier molecular flexibility index (Phi) is 6.94. The molecule has 0 heterocycles. The molecule has 0 aliphatic carbocycles. The van der Waals surface area contributed by atoms with Gasteiger partial charge in [-0.3, -0.25) is 0 Å². The second-order valence-electron chi connectivity index (χ2n) is 3.42. The summed E-state index contributed by atoms with van der Waals surface area (Å²) < 4.78 is 18.2. The van der Waals surface area contributed by atoms with Crippen LogP contribution in [0.15, 0.2) is 24.3 Å². The quantitative estimate of drug-likeness (QED) is 0.849. The first-order valence-electron chi connectivity index (χ1n) is 5.16. The lowest BCUT2D eigenvalue weighted by molar-refractivity contribution is -0.149. The monoisotopic (exact) mass is 272 g/mol. The van der Waals surface area contributed by atoms with Crippen molar-refractivity contribution < 1.29 is 13.9 Å². The summed E-state index contributed by atoms with van der Waals surface area (Å²) in [7, 11) is 0. The van der Waals surface area contributed by atoms with Gasteiger partial charge in [0.1, 0.15) is 0 Å². The molecule has 0 spiro atoms. The zero-order chi connectivity index (χ0) is 12.8. The molecule has 18 heavy (non-hydrogen) atoms. The maximum atomic E-state index is 13.6. The number of benzene rings is 1. The molecule has 2 atom stereocenters. The topological polar surface area (TPSA) is 76.1 Å². The van der Waals surface area contributed by atoms with Gasteiger partial charge in [0.2, 0.25) is 6.17 Å². The highest BCUT2D eigenvalue weighted by Gasteiger charge is 2.27. The number of carbonyl (C=O) groups excluding carboxylic acids is 1. The van der Waals surface area contributed by atoms with Gasteiger partial charge in [-0.05, 0) is 24.6 Å². The average molecular weight is 273 g/mol. The van der Waals surface area contributed by atoms with E-state index in [1.807, 2.05) is 6.07 Å². The van der Waals surface area contributed by atoms with E-state index in [4.69, 9.17) is 11.0 Å². The Hall–Kier alpha value is -1.64. The molecule has 0 bridgehead atoms. The smallest absolute Gasteiger partial charge is 0.342 e. The van der Waals surface area contributed by atoms with Crippen LogP contribution >= 0.6 is 12.4 Å². The highest BCUT2D eigenvalue weighted by molar-refractivity contribution is 5.85. The minimum atomic E-state index is -1.93. The molecule has 0 aliphatic rings. The summed E-state index contributed by atoms with van der Waals surface area (Å²) in [6.07, 6.45) is -1.93. The second-order valence-corrected chi connectivity index (χ2v) is 3.42. The molecule has 4 nitrogen and oxygen atoms in total. The normalized spacial score (nSPS) is 12.8. The van der Waals surface area contributed by atoms with Gasteiger partial charge in [-0.15, -0.1) is 12.4 Å². The summed E-state index contributed by atoms with van der Waals surface area (Å²) >= 11 is 0. The van der Waals surface area contributed by atoms with Gasteiger partial charge in [-0.2, -0.15) is 5.26 Å². The van der Waals surface area contributed by atoms with Gasteiger partial charge in [0.15, 0.2) is 0 Å². The number of alkyl halides is 1. The van der Waals surface area contributed by atoms with Gasteiger partial charge in [0, 0.05) is 0 Å². The van der Waals surface area contributed by atoms with Crippen LogP contribution in [0.3, 0.4) is 0 Å². The van der Waals surface area contributed by atoms with Crippen molar-refractivity contribution in [1.82, 2.24) is 0 Å². The van der Waals surface area contributed by atoms with Crippen molar-refractivity contribution in [3.8, 4) is 6.07 Å². The van der Waals surface area contributed by atoms with Crippen LogP contribution in [-0.2, 0) is 9.53 Å². The zero-order valence-electron chi connectivity index (χ0n) is 9.80. The predicted octanol–water partition coefficient (Wildman–Crippen LogP) is 1.88. The van der Waals surface area contributed by atoms with E-state index in [9.17, 15) is 9.18 Å². The number of carbonyl (C=O) groups is 1. The second kappa shape index (κ2) is 7.64. The van der Waals surface area contributed by atoms with Crippen molar-refractivity contribution in [3.63, 3.8) is 0 Å². The number of nitrogens with zero attached hydrogens (tertiary/aromatic N) is 1. The molecule has 6 heteroatoms. The molecule has 1 unspecified atom stereocenters. The van der Waals surface area contributed by atoms with E-state index in [2.05, 4.69) is 4.74 Å². The highest BCUT2D eigenvalue weighted by atomic mass is 35.5. The Morgan fingerprint density at radius 2 is 2.28 bits per heavy atom. The molecular formula is C12H14ClFN2O2. The van der Waals surface area contributed by atoms with E-state index in [0.717, 1.165) is 0 Å². The summed E-state index contributed by atoms with van der Waals surface area (Å²) in [5.41, 5.74) is 6.37. The van der Waals surface area contributed by atoms with Crippen molar-refractivity contribution in [2.45, 2.75) is 19.1 Å². The fourth-order valence-corrected chi connectivity index (χ4v) is 1.35. The minimum absolute atomic E-state index is 0. The lowest BCUT2D eigenvalue weighted by Crippen LogP contribution is -2.31. The minimum Gasteiger partial charge on any atom is -0.464 e. The number of hydrogen-bond acceptors (Lipinski definition) is 4. The maximum Gasteiger partial charge on any atom is 0.342 e. The SMILES string of the molecule is CCOC(=O)C(F)[C@H](N)c1cccc(C#N)c1.Cl. The van der Waals surface area contributed by atoms with Gasteiger partial charge in [-0.25, -0.2) is 9.18 Å². The van der Waals surface area contributed by atoms with E-state index in [-0.39, 0.29) is 19.0 Å². The number of nitriles is 1. The summed E-state index contributed by atoms with van der Waals surface area (Å²) in [4.78, 5) is 11.2. The Bertz CT molecular complexity index is 448. The third kappa shape index (κ3) is 3.99. The van der Waals surface area contributed by atoms with E-state index < -0.39 is 18.2 Å². The zero-order valence-corrected chi connectivity index (χ0v) is 10.6. The van der Waals surface area contributed by atoms with Crippen molar-refractivity contribution in [2.24, 2.45) is 5.73 Å². The molecule has 0 amide bonds. The molecule has 0 saturated heterocycles. The number of nitrogens with two attached hydrogens (primary N) is 1. The molecule has 0 saturated carbocycles. The molecule has 1 aromatic rings. The Morgan fingerprint density at radius 1 is 1.61 bits per heavy atom. The molecule has 0 fully saturated rings. The Balaban J connectivity index is 0.00000289. The van der Waals surface area contributed by atoms with E-state index in [0.29, 0.717) is 11.1 Å². The first-order chi connectivity index (χ1) is 8.10. The molecule has 0 radical (unpaired) electrons. The number of hydrogen-bond donors (Lipinski definition) is 1. The number of halogens is 2. The van der Waals surface area contributed by atoms with Crippen molar-refractivity contribution >= 4 is 18.4 Å². The molecule has 1 aromatic carbocycles. The number of ether oxygens (including phenoxy) is 1. The number of rotatable bonds is 4. The number of esters is 1. The van der Waals surface area contributed by atoms with Gasteiger partial charge in [0.05, 0.1) is 24.3 Å². The van der Waals surface area contributed by atoms with Crippen molar-refractivity contribution in [1.29, 1.82) is 5.26 Å². The largest absolute Gasteiger partial charge is 0.464 e. The molecular weight excluding hydrogens is 259 g/mol. The van der Waals surface area contributed by atoms with E-state index >= 15 is 0 Å². The van der Waals surface area contributed by atoms with Crippen LogP contribution in [0.5, 0.6) is 0 Å². The van der Waals surface area contributed by atoms with Crippen molar-refractivity contribution in [3.05, 3.63) is 35.4 Å². The van der Waals surface area contributed by atoms with Crippen LogP contribution in [0.4, 0.5) is 4.39 Å². The summed E-state index contributed by atoms with van der Waals surface area (Å²) in [5, 5.41) is 8.70. The highest BCUT2D eigenvalue weighted by Crippen LogP contribution is 2.19. The lowest BCUT2D eigenvalue weighted by atomic mass is 10.0. The third-order valence-corrected chi connectivity index (χ3v) is 2.23. The average Bonchev–Trinajstić information content (AvgIpc) is 2.37.